The molecule has 35 heavy (non-hydrogen) atoms. The second-order valence-corrected chi connectivity index (χ2v) is 7.64. The molecule has 0 spiro atoms. The lowest BCUT2D eigenvalue weighted by atomic mass is 10.0. The lowest BCUT2D eigenvalue weighted by Gasteiger charge is -2.27. The number of benzene rings is 3. The number of ether oxygens (including phenoxy) is 1. The fourth-order valence-electron chi connectivity index (χ4n) is 3.54. The second kappa shape index (κ2) is 13.3. The Balaban J connectivity index is 0.00000103. The predicted molar refractivity (Wildman–Crippen MR) is 152 cm³/mol. The Hall–Kier alpha value is -2.78. The van der Waals surface area contributed by atoms with Crippen molar-refractivity contribution < 1.29 is 13.5 Å². The first-order chi connectivity index (χ1) is 16.8. The number of anilines is 1. The summed E-state index contributed by atoms with van der Waals surface area (Å²) in [6.45, 7) is 11.8. The van der Waals surface area contributed by atoms with Gasteiger partial charge in [-0.25, -0.2) is 13.8 Å². The first-order valence-electron chi connectivity index (χ1n) is 11.3. The number of hydrogen-bond donors (Lipinski definition) is 1. The van der Waals surface area contributed by atoms with Crippen LogP contribution in [-0.4, -0.2) is 11.3 Å². The molecule has 2 N–H and O–H groups in total. The van der Waals surface area contributed by atoms with Gasteiger partial charge in [0.05, 0.1) is 24.3 Å². The van der Waals surface area contributed by atoms with Crippen LogP contribution in [0.1, 0.15) is 49.1 Å². The molecule has 7 heteroatoms. The van der Waals surface area contributed by atoms with Crippen molar-refractivity contribution in [2.75, 3.05) is 9.83 Å². The zero-order valence-electron chi connectivity index (χ0n) is 20.8. The Morgan fingerprint density at radius 2 is 1.66 bits per heavy atom. The molecule has 3 aromatic rings. The first kappa shape index (κ1) is 28.5. The Morgan fingerprint density at radius 3 is 2.26 bits per heavy atom. The zero-order valence-corrected chi connectivity index (χ0v) is 22.9. The monoisotopic (exact) mass is 591 g/mol. The maximum Gasteiger partial charge on any atom is 0.131 e. The molecule has 1 atom stereocenters. The van der Waals surface area contributed by atoms with E-state index in [0.717, 1.165) is 22.9 Å². The van der Waals surface area contributed by atoms with Gasteiger partial charge in [0, 0.05) is 23.2 Å². The highest BCUT2D eigenvalue weighted by Crippen LogP contribution is 2.36. The van der Waals surface area contributed by atoms with Gasteiger partial charge in [0.25, 0.3) is 0 Å². The molecular formula is C28H32F2IN3O. The molecule has 1 aliphatic rings. The fourth-order valence-corrected chi connectivity index (χ4v) is 3.54. The molecule has 0 amide bonds. The number of hydrogen-bond acceptors (Lipinski definition) is 4. The van der Waals surface area contributed by atoms with Crippen molar-refractivity contribution in [3.05, 3.63) is 95.1 Å². The van der Waals surface area contributed by atoms with Crippen LogP contribution in [0.4, 0.5) is 14.5 Å². The minimum Gasteiger partial charge on any atom is -0.457 e. The standard InChI is InChI=1S/C25H23F2N3O.C2H6.CH3I/c1-15-10-19(26)11-24(27)23(15)13-30-14-29-17(3)22-12-21(8-9-25(22)30)31-20-6-4-18(5-7-20)16(2)28;2*1-2/h4-12,14,16H,3,13,28H2,1-2H3;1-2H3;1H3. The topological polar surface area (TPSA) is 50.8 Å². The van der Waals surface area contributed by atoms with E-state index in [1.807, 2.05) is 73.1 Å². The summed E-state index contributed by atoms with van der Waals surface area (Å²) < 4.78 is 33.8. The highest BCUT2D eigenvalue weighted by Gasteiger charge is 2.20. The van der Waals surface area contributed by atoms with Crippen molar-refractivity contribution in [3.63, 3.8) is 0 Å². The Bertz CT molecular complexity index is 1150. The third-order valence-electron chi connectivity index (χ3n) is 5.29. The number of fused-ring (bicyclic) bond motifs is 1. The van der Waals surface area contributed by atoms with E-state index in [1.54, 1.807) is 13.3 Å². The summed E-state index contributed by atoms with van der Waals surface area (Å²) in [6.07, 6.45) is 1.61. The molecule has 186 valence electrons. The molecule has 3 aromatic carbocycles. The van der Waals surface area contributed by atoms with Crippen LogP contribution in [0.2, 0.25) is 0 Å². The zero-order chi connectivity index (χ0) is 26.1. The summed E-state index contributed by atoms with van der Waals surface area (Å²) in [7, 11) is 0. The van der Waals surface area contributed by atoms with Gasteiger partial charge in [-0.15, -0.1) is 0 Å². The molecule has 0 radical (unpaired) electrons. The number of nitrogens with zero attached hydrogens (tertiary/aromatic N) is 2. The van der Waals surface area contributed by atoms with Crippen LogP contribution in [0.25, 0.3) is 5.70 Å². The Labute approximate surface area is 220 Å². The van der Waals surface area contributed by atoms with Crippen molar-refractivity contribution >= 4 is 40.3 Å². The largest absolute Gasteiger partial charge is 0.457 e. The van der Waals surface area contributed by atoms with E-state index < -0.39 is 11.6 Å². The van der Waals surface area contributed by atoms with Crippen molar-refractivity contribution in [3.8, 4) is 11.5 Å². The number of alkyl halides is 1. The van der Waals surface area contributed by atoms with Crippen LogP contribution in [-0.2, 0) is 6.54 Å². The van der Waals surface area contributed by atoms with Gasteiger partial charge in [-0.1, -0.05) is 55.2 Å². The van der Waals surface area contributed by atoms with E-state index in [1.165, 1.54) is 6.07 Å². The van der Waals surface area contributed by atoms with E-state index in [4.69, 9.17) is 10.5 Å². The molecule has 0 bridgehead atoms. The maximum absolute atomic E-state index is 14.3. The number of aliphatic imine (C=N–C) groups is 1. The van der Waals surface area contributed by atoms with Gasteiger partial charge in [0.1, 0.15) is 23.1 Å². The van der Waals surface area contributed by atoms with Crippen LogP contribution >= 0.6 is 22.6 Å². The minimum atomic E-state index is -0.587. The number of rotatable bonds is 5. The van der Waals surface area contributed by atoms with Gasteiger partial charge in [-0.05, 0) is 66.3 Å². The lowest BCUT2D eigenvalue weighted by molar-refractivity contribution is 0.482. The quantitative estimate of drug-likeness (QED) is 0.241. The van der Waals surface area contributed by atoms with Crippen molar-refractivity contribution in [2.45, 2.75) is 40.3 Å². The number of aryl methyl sites for hydroxylation is 1. The van der Waals surface area contributed by atoms with Gasteiger partial charge < -0.3 is 15.4 Å². The van der Waals surface area contributed by atoms with E-state index in [-0.39, 0.29) is 12.6 Å². The molecule has 0 saturated heterocycles. The SMILES string of the molecule is C=C1N=CN(Cc2c(C)cc(F)cc2F)c2ccc(Oc3ccc(C(C)N)cc3)cc21.CC.CI. The summed E-state index contributed by atoms with van der Waals surface area (Å²) in [5.41, 5.74) is 10.1. The molecule has 0 aliphatic carbocycles. The maximum atomic E-state index is 14.3. The molecule has 1 aliphatic heterocycles. The molecular weight excluding hydrogens is 559 g/mol. The van der Waals surface area contributed by atoms with E-state index >= 15 is 0 Å². The van der Waals surface area contributed by atoms with Gasteiger partial charge in [0.2, 0.25) is 0 Å². The summed E-state index contributed by atoms with van der Waals surface area (Å²) >= 11 is 2.15. The Morgan fingerprint density at radius 1 is 1.03 bits per heavy atom. The lowest BCUT2D eigenvalue weighted by Crippen LogP contribution is -2.25. The van der Waals surface area contributed by atoms with Crippen LogP contribution in [0.15, 0.2) is 66.2 Å². The van der Waals surface area contributed by atoms with Crippen LogP contribution in [0, 0.1) is 18.6 Å². The molecule has 0 fully saturated rings. The average Bonchev–Trinajstić information content (AvgIpc) is 2.85. The summed E-state index contributed by atoms with van der Waals surface area (Å²) in [5, 5.41) is 0. The second-order valence-electron chi connectivity index (χ2n) is 7.64. The minimum absolute atomic E-state index is 0.0421. The van der Waals surface area contributed by atoms with Gasteiger partial charge >= 0.3 is 0 Å². The van der Waals surface area contributed by atoms with Gasteiger partial charge in [-0.2, -0.15) is 0 Å². The van der Waals surface area contributed by atoms with E-state index in [0.29, 0.717) is 28.3 Å². The van der Waals surface area contributed by atoms with E-state index in [9.17, 15) is 8.78 Å². The number of nitrogens with two attached hydrogens (primary N) is 1. The summed E-state index contributed by atoms with van der Waals surface area (Å²) in [4.78, 5) is 8.13. The molecule has 4 rings (SSSR count). The molecule has 1 unspecified atom stereocenters. The smallest absolute Gasteiger partial charge is 0.131 e. The number of halogens is 3. The van der Waals surface area contributed by atoms with Crippen LogP contribution < -0.4 is 15.4 Å². The van der Waals surface area contributed by atoms with Crippen molar-refractivity contribution in [1.82, 2.24) is 0 Å². The van der Waals surface area contributed by atoms with Crippen LogP contribution in [0.3, 0.4) is 0 Å². The third kappa shape index (κ3) is 7.11. The fraction of sp³-hybridized carbons (Fsp3) is 0.250. The van der Waals surface area contributed by atoms with Crippen molar-refractivity contribution in [1.29, 1.82) is 0 Å². The predicted octanol–water partition coefficient (Wildman–Crippen LogP) is 8.18. The molecule has 0 saturated carbocycles. The highest BCUT2D eigenvalue weighted by molar-refractivity contribution is 14.1. The molecule has 4 nitrogen and oxygen atoms in total. The van der Waals surface area contributed by atoms with Gasteiger partial charge in [0.15, 0.2) is 0 Å². The summed E-state index contributed by atoms with van der Waals surface area (Å²) in [5.74, 6) is 0.160. The molecule has 1 heterocycles. The van der Waals surface area contributed by atoms with E-state index in [2.05, 4.69) is 34.2 Å². The van der Waals surface area contributed by atoms with Gasteiger partial charge in [-0.3, -0.25) is 0 Å². The summed E-state index contributed by atoms with van der Waals surface area (Å²) in [6, 6.07) is 15.4. The van der Waals surface area contributed by atoms with Crippen molar-refractivity contribution in [2.24, 2.45) is 10.7 Å². The first-order valence-corrected chi connectivity index (χ1v) is 13.5. The highest BCUT2D eigenvalue weighted by atomic mass is 127. The average molecular weight is 591 g/mol. The normalized spacial score (nSPS) is 12.6. The van der Waals surface area contributed by atoms with Crippen LogP contribution in [0.5, 0.6) is 11.5 Å². The molecule has 0 aromatic heterocycles. The Kier molecular flexibility index (Phi) is 10.9. The third-order valence-corrected chi connectivity index (χ3v) is 5.29.